The van der Waals surface area contributed by atoms with Crippen molar-refractivity contribution in [1.29, 1.82) is 0 Å². The zero-order chi connectivity index (χ0) is 20.6. The number of benzene rings is 1. The summed E-state index contributed by atoms with van der Waals surface area (Å²) in [6.07, 6.45) is 3.30. The molecule has 6 nitrogen and oxygen atoms in total. The number of hydrogen-bond acceptors (Lipinski definition) is 4. The Hall–Kier alpha value is -2.32. The van der Waals surface area contributed by atoms with Crippen molar-refractivity contribution in [3.63, 3.8) is 0 Å². The maximum absolute atomic E-state index is 14.0. The van der Waals surface area contributed by atoms with Gasteiger partial charge in [-0.2, -0.15) is 5.10 Å². The number of likely N-dealkylation sites (tertiary alicyclic amines) is 1. The van der Waals surface area contributed by atoms with Gasteiger partial charge in [0.15, 0.2) is 17.2 Å². The molecule has 156 valence electrons. The molecule has 1 saturated carbocycles. The summed E-state index contributed by atoms with van der Waals surface area (Å²) < 4.78 is 27.5. The van der Waals surface area contributed by atoms with Crippen LogP contribution in [0.4, 0.5) is 8.78 Å². The highest BCUT2D eigenvalue weighted by Gasteiger charge is 2.43. The van der Waals surface area contributed by atoms with Crippen LogP contribution in [-0.2, 0) is 17.9 Å². The summed E-state index contributed by atoms with van der Waals surface area (Å²) >= 11 is 0. The SMILES string of the molecule is CN(Cc1cc(C2CC2)n[nH]1)CC1(O)CCCN(Cc2cccc(F)c2F)C1=O. The van der Waals surface area contributed by atoms with E-state index in [0.29, 0.717) is 31.8 Å². The lowest BCUT2D eigenvalue weighted by atomic mass is 9.90. The molecule has 2 aromatic rings. The lowest BCUT2D eigenvalue weighted by Gasteiger charge is -2.40. The maximum atomic E-state index is 14.0. The summed E-state index contributed by atoms with van der Waals surface area (Å²) in [5.74, 6) is -1.77. The lowest BCUT2D eigenvalue weighted by molar-refractivity contribution is -0.160. The Labute approximate surface area is 168 Å². The fourth-order valence-electron chi connectivity index (χ4n) is 4.08. The molecule has 8 heteroatoms. The first-order valence-electron chi connectivity index (χ1n) is 10.0. The normalized spacial score (nSPS) is 22.5. The Bertz CT molecular complexity index is 899. The highest BCUT2D eigenvalue weighted by atomic mass is 19.2. The van der Waals surface area contributed by atoms with Gasteiger partial charge >= 0.3 is 0 Å². The number of aromatic amines is 1. The molecular formula is C21H26F2N4O2. The highest BCUT2D eigenvalue weighted by molar-refractivity contribution is 5.86. The average molecular weight is 404 g/mol. The van der Waals surface area contributed by atoms with E-state index in [0.717, 1.165) is 17.5 Å². The molecule has 1 amide bonds. The molecule has 29 heavy (non-hydrogen) atoms. The van der Waals surface area contributed by atoms with Gasteiger partial charge < -0.3 is 10.0 Å². The molecule has 2 heterocycles. The van der Waals surface area contributed by atoms with Crippen LogP contribution in [0.1, 0.15) is 48.6 Å². The summed E-state index contributed by atoms with van der Waals surface area (Å²) in [7, 11) is 1.84. The first-order chi connectivity index (χ1) is 13.9. The molecule has 1 aromatic carbocycles. The van der Waals surface area contributed by atoms with E-state index in [9.17, 15) is 18.7 Å². The molecule has 2 N–H and O–H groups in total. The van der Waals surface area contributed by atoms with E-state index in [1.807, 2.05) is 18.0 Å². The molecule has 1 aromatic heterocycles. The number of aromatic nitrogens is 2. The molecule has 0 spiro atoms. The fraction of sp³-hybridized carbons (Fsp3) is 0.524. The average Bonchev–Trinajstić information content (AvgIpc) is 3.42. The van der Waals surface area contributed by atoms with Gasteiger partial charge in [-0.25, -0.2) is 8.78 Å². The Morgan fingerprint density at radius 2 is 2.17 bits per heavy atom. The van der Waals surface area contributed by atoms with E-state index in [-0.39, 0.29) is 18.7 Å². The summed E-state index contributed by atoms with van der Waals surface area (Å²) in [5.41, 5.74) is 0.584. The van der Waals surface area contributed by atoms with Crippen LogP contribution in [0, 0.1) is 11.6 Å². The van der Waals surface area contributed by atoms with Crippen molar-refractivity contribution >= 4 is 5.91 Å². The van der Waals surface area contributed by atoms with Crippen molar-refractivity contribution in [2.75, 3.05) is 20.1 Å². The van der Waals surface area contributed by atoms with Crippen molar-refractivity contribution < 1.29 is 18.7 Å². The molecule has 1 saturated heterocycles. The minimum Gasteiger partial charge on any atom is -0.379 e. The number of halogens is 2. The topological polar surface area (TPSA) is 72.5 Å². The molecule has 1 unspecified atom stereocenters. The number of piperidine rings is 1. The van der Waals surface area contributed by atoms with Gasteiger partial charge in [-0.15, -0.1) is 0 Å². The summed E-state index contributed by atoms with van der Waals surface area (Å²) in [6, 6.07) is 5.97. The van der Waals surface area contributed by atoms with Crippen LogP contribution in [0.2, 0.25) is 0 Å². The smallest absolute Gasteiger partial charge is 0.256 e. The predicted molar refractivity (Wildman–Crippen MR) is 103 cm³/mol. The first-order valence-corrected chi connectivity index (χ1v) is 10.0. The van der Waals surface area contributed by atoms with Crippen molar-refractivity contribution in [2.45, 2.75) is 50.3 Å². The van der Waals surface area contributed by atoms with Crippen LogP contribution in [-0.4, -0.2) is 56.7 Å². The molecule has 1 atom stereocenters. The van der Waals surface area contributed by atoms with Gasteiger partial charge in [0.2, 0.25) is 0 Å². The third-order valence-electron chi connectivity index (χ3n) is 5.71. The van der Waals surface area contributed by atoms with Crippen molar-refractivity contribution in [3.05, 3.63) is 52.9 Å². The Morgan fingerprint density at radius 3 is 2.93 bits per heavy atom. The van der Waals surface area contributed by atoms with Crippen LogP contribution >= 0.6 is 0 Å². The monoisotopic (exact) mass is 404 g/mol. The van der Waals surface area contributed by atoms with Gasteiger partial charge in [0.1, 0.15) is 0 Å². The lowest BCUT2D eigenvalue weighted by Crippen LogP contribution is -2.57. The van der Waals surface area contributed by atoms with E-state index in [4.69, 9.17) is 0 Å². The molecule has 1 aliphatic carbocycles. The Kier molecular flexibility index (Phi) is 5.40. The first kappa shape index (κ1) is 20.0. The second-order valence-electron chi connectivity index (χ2n) is 8.34. The van der Waals surface area contributed by atoms with Gasteiger partial charge in [-0.1, -0.05) is 12.1 Å². The molecule has 2 fully saturated rings. The summed E-state index contributed by atoms with van der Waals surface area (Å²) in [6.45, 7) is 1.05. The van der Waals surface area contributed by atoms with Crippen LogP contribution in [0.3, 0.4) is 0 Å². The second-order valence-corrected chi connectivity index (χ2v) is 8.34. The van der Waals surface area contributed by atoms with E-state index in [2.05, 4.69) is 10.2 Å². The zero-order valence-corrected chi connectivity index (χ0v) is 16.5. The number of amides is 1. The van der Waals surface area contributed by atoms with E-state index in [1.54, 1.807) is 0 Å². The number of H-pyrrole nitrogens is 1. The van der Waals surface area contributed by atoms with Crippen molar-refractivity contribution in [3.8, 4) is 0 Å². The van der Waals surface area contributed by atoms with E-state index < -0.39 is 23.1 Å². The summed E-state index contributed by atoms with van der Waals surface area (Å²) in [4.78, 5) is 16.2. The van der Waals surface area contributed by atoms with E-state index >= 15 is 0 Å². The number of likely N-dealkylation sites (N-methyl/N-ethyl adjacent to an activating group) is 1. The largest absolute Gasteiger partial charge is 0.379 e. The quantitative estimate of drug-likeness (QED) is 0.744. The molecule has 2 aliphatic rings. The van der Waals surface area contributed by atoms with Crippen molar-refractivity contribution in [1.82, 2.24) is 20.0 Å². The van der Waals surface area contributed by atoms with Gasteiger partial charge in [-0.3, -0.25) is 14.8 Å². The number of carbonyl (C=O) groups is 1. The summed E-state index contributed by atoms with van der Waals surface area (Å²) in [5, 5.41) is 18.4. The number of aliphatic hydroxyl groups is 1. The van der Waals surface area contributed by atoms with Crippen LogP contribution < -0.4 is 0 Å². The number of nitrogens with zero attached hydrogens (tertiary/aromatic N) is 3. The molecular weight excluding hydrogens is 378 g/mol. The minimum atomic E-state index is -1.55. The Balaban J connectivity index is 1.40. The molecule has 1 aliphatic heterocycles. The standard InChI is InChI=1S/C21H26F2N4O2/c1-26(12-16-10-18(25-24-16)14-6-7-14)13-21(29)8-3-9-27(20(21)28)11-15-4-2-5-17(22)19(15)23/h2,4-5,10,14,29H,3,6-9,11-13H2,1H3,(H,24,25). The van der Waals surface area contributed by atoms with Gasteiger partial charge in [-0.05, 0) is 44.9 Å². The zero-order valence-electron chi connectivity index (χ0n) is 16.5. The van der Waals surface area contributed by atoms with Gasteiger partial charge in [0, 0.05) is 43.4 Å². The third-order valence-corrected chi connectivity index (χ3v) is 5.71. The number of hydrogen-bond donors (Lipinski definition) is 2. The number of rotatable bonds is 7. The number of nitrogens with one attached hydrogen (secondary N) is 1. The predicted octanol–water partition coefficient (Wildman–Crippen LogP) is 2.55. The minimum absolute atomic E-state index is 0.0558. The highest BCUT2D eigenvalue weighted by Crippen LogP contribution is 2.39. The number of carbonyl (C=O) groups excluding carboxylic acids is 1. The van der Waals surface area contributed by atoms with Crippen LogP contribution in [0.5, 0.6) is 0 Å². The van der Waals surface area contributed by atoms with Crippen molar-refractivity contribution in [2.24, 2.45) is 0 Å². The molecule has 0 bridgehead atoms. The second kappa shape index (κ2) is 7.84. The molecule has 0 radical (unpaired) electrons. The fourth-order valence-corrected chi connectivity index (χ4v) is 4.08. The van der Waals surface area contributed by atoms with Crippen LogP contribution in [0.25, 0.3) is 0 Å². The third kappa shape index (κ3) is 4.33. The van der Waals surface area contributed by atoms with Gasteiger partial charge in [0.05, 0.1) is 5.69 Å². The maximum Gasteiger partial charge on any atom is 0.256 e. The van der Waals surface area contributed by atoms with Crippen LogP contribution in [0.15, 0.2) is 24.3 Å². The molecule has 4 rings (SSSR count). The Morgan fingerprint density at radius 1 is 1.38 bits per heavy atom. The van der Waals surface area contributed by atoms with Gasteiger partial charge in [0.25, 0.3) is 5.91 Å². The van der Waals surface area contributed by atoms with E-state index in [1.165, 1.54) is 29.9 Å².